The highest BCUT2D eigenvalue weighted by Crippen LogP contribution is 2.21. The van der Waals surface area contributed by atoms with Crippen molar-refractivity contribution in [3.8, 4) is 0 Å². The molecule has 1 aliphatic rings. The maximum atomic E-state index is 12.7. The quantitative estimate of drug-likeness (QED) is 0.782. The summed E-state index contributed by atoms with van der Waals surface area (Å²) < 4.78 is 5.35. The van der Waals surface area contributed by atoms with Crippen LogP contribution in [0.2, 0.25) is 0 Å². The maximum absolute atomic E-state index is 12.7. The molecule has 0 radical (unpaired) electrons. The zero-order chi connectivity index (χ0) is 18.0. The number of hydrogen-bond donors (Lipinski definition) is 0. The number of amides is 1. The first-order chi connectivity index (χ1) is 11.8. The van der Waals surface area contributed by atoms with Crippen molar-refractivity contribution in [2.75, 3.05) is 6.54 Å². The lowest BCUT2D eigenvalue weighted by Gasteiger charge is -2.29. The maximum Gasteiger partial charge on any atom is 0.338 e. The van der Waals surface area contributed by atoms with Crippen molar-refractivity contribution >= 4 is 11.9 Å². The number of fused-ring (bicyclic) bond motifs is 1. The average Bonchev–Trinajstić information content (AvgIpc) is 2.59. The molecule has 3 rings (SSSR count). The Morgan fingerprint density at radius 3 is 2.16 bits per heavy atom. The first-order valence-corrected chi connectivity index (χ1v) is 8.53. The van der Waals surface area contributed by atoms with Crippen molar-refractivity contribution in [3.05, 3.63) is 70.8 Å². The van der Waals surface area contributed by atoms with E-state index in [0.717, 1.165) is 6.42 Å². The van der Waals surface area contributed by atoms with Gasteiger partial charge in [0.05, 0.1) is 5.56 Å². The van der Waals surface area contributed by atoms with Gasteiger partial charge in [0.15, 0.2) is 0 Å². The molecule has 0 N–H and O–H groups in total. The number of carbonyl (C=O) groups is 2. The smallest absolute Gasteiger partial charge is 0.338 e. The van der Waals surface area contributed by atoms with Crippen LogP contribution < -0.4 is 0 Å². The fourth-order valence-corrected chi connectivity index (χ4v) is 2.94. The van der Waals surface area contributed by atoms with Crippen LogP contribution >= 0.6 is 0 Å². The molecule has 0 spiro atoms. The molecular weight excluding hydrogens is 314 g/mol. The first-order valence-electron chi connectivity index (χ1n) is 8.53. The Hall–Kier alpha value is -2.62. The van der Waals surface area contributed by atoms with E-state index in [0.29, 0.717) is 24.2 Å². The molecule has 2 aromatic rings. The fraction of sp³-hybridized carbons (Fsp3) is 0.333. The molecule has 0 aliphatic carbocycles. The monoisotopic (exact) mass is 337 g/mol. The Morgan fingerprint density at radius 1 is 0.920 bits per heavy atom. The molecule has 0 saturated heterocycles. The molecule has 0 saturated carbocycles. The third-order valence-corrected chi connectivity index (χ3v) is 4.18. The predicted octanol–water partition coefficient (Wildman–Crippen LogP) is 3.84. The van der Waals surface area contributed by atoms with Crippen molar-refractivity contribution in [3.63, 3.8) is 0 Å². The van der Waals surface area contributed by atoms with Crippen LogP contribution in [0.3, 0.4) is 0 Å². The van der Waals surface area contributed by atoms with Gasteiger partial charge in [-0.25, -0.2) is 4.79 Å². The second-order valence-corrected chi connectivity index (χ2v) is 7.32. The third-order valence-electron chi connectivity index (χ3n) is 4.18. The number of nitrogens with zero attached hydrogens (tertiary/aromatic N) is 1. The zero-order valence-electron chi connectivity index (χ0n) is 14.9. The summed E-state index contributed by atoms with van der Waals surface area (Å²) in [6.07, 6.45) is 0.873. The van der Waals surface area contributed by atoms with Gasteiger partial charge in [0.25, 0.3) is 5.91 Å². The van der Waals surface area contributed by atoms with Crippen molar-refractivity contribution in [1.82, 2.24) is 4.90 Å². The number of benzene rings is 2. The average molecular weight is 337 g/mol. The summed E-state index contributed by atoms with van der Waals surface area (Å²) in [5.74, 6) is -0.386. The van der Waals surface area contributed by atoms with Gasteiger partial charge in [0.1, 0.15) is 5.60 Å². The molecule has 1 heterocycles. The van der Waals surface area contributed by atoms with Gasteiger partial charge < -0.3 is 9.64 Å². The van der Waals surface area contributed by atoms with Gasteiger partial charge in [-0.05, 0) is 62.6 Å². The first kappa shape index (κ1) is 17.2. The summed E-state index contributed by atoms with van der Waals surface area (Å²) in [7, 11) is 0. The summed E-state index contributed by atoms with van der Waals surface area (Å²) in [4.78, 5) is 26.6. The largest absolute Gasteiger partial charge is 0.456 e. The van der Waals surface area contributed by atoms with E-state index in [1.54, 1.807) is 24.3 Å². The molecule has 0 aromatic heterocycles. The van der Waals surface area contributed by atoms with Crippen LogP contribution in [0.5, 0.6) is 0 Å². The van der Waals surface area contributed by atoms with E-state index in [4.69, 9.17) is 4.74 Å². The summed E-state index contributed by atoms with van der Waals surface area (Å²) >= 11 is 0. The second-order valence-electron chi connectivity index (χ2n) is 7.32. The van der Waals surface area contributed by atoms with Crippen LogP contribution in [0.4, 0.5) is 0 Å². The molecule has 1 amide bonds. The summed E-state index contributed by atoms with van der Waals surface area (Å²) in [6, 6.07) is 14.9. The normalized spacial score (nSPS) is 14.0. The van der Waals surface area contributed by atoms with E-state index in [1.807, 2.05) is 37.8 Å². The highest BCUT2D eigenvalue weighted by Gasteiger charge is 2.22. The molecule has 2 aromatic carbocycles. The van der Waals surface area contributed by atoms with Gasteiger partial charge in [-0.1, -0.05) is 24.3 Å². The number of ether oxygens (including phenoxy) is 1. The Labute approximate surface area is 148 Å². The Bertz CT molecular complexity index is 788. The Morgan fingerprint density at radius 2 is 1.52 bits per heavy atom. The molecular formula is C21H23NO3. The van der Waals surface area contributed by atoms with E-state index >= 15 is 0 Å². The number of rotatable bonds is 2. The fourth-order valence-electron chi connectivity index (χ4n) is 2.94. The van der Waals surface area contributed by atoms with Gasteiger partial charge >= 0.3 is 5.97 Å². The van der Waals surface area contributed by atoms with Crippen molar-refractivity contribution < 1.29 is 14.3 Å². The van der Waals surface area contributed by atoms with Crippen molar-refractivity contribution in [2.24, 2.45) is 0 Å². The van der Waals surface area contributed by atoms with Gasteiger partial charge in [-0.2, -0.15) is 0 Å². The Balaban J connectivity index is 1.70. The van der Waals surface area contributed by atoms with E-state index in [1.165, 1.54) is 11.1 Å². The molecule has 1 aliphatic heterocycles. The minimum absolute atomic E-state index is 0.00904. The summed E-state index contributed by atoms with van der Waals surface area (Å²) in [5, 5.41) is 0. The minimum atomic E-state index is -0.535. The van der Waals surface area contributed by atoms with Crippen LogP contribution in [0, 0.1) is 0 Å². The zero-order valence-corrected chi connectivity index (χ0v) is 14.9. The SMILES string of the molecule is CC(C)(C)OC(=O)c1ccc(C(=O)N2CCc3ccccc3C2)cc1. The van der Waals surface area contributed by atoms with Crippen LogP contribution in [-0.2, 0) is 17.7 Å². The lowest BCUT2D eigenvalue weighted by molar-refractivity contribution is 0.00692. The molecule has 0 bridgehead atoms. The highest BCUT2D eigenvalue weighted by molar-refractivity contribution is 5.96. The number of hydrogen-bond acceptors (Lipinski definition) is 3. The molecule has 25 heavy (non-hydrogen) atoms. The van der Waals surface area contributed by atoms with Crippen molar-refractivity contribution in [1.29, 1.82) is 0 Å². The van der Waals surface area contributed by atoms with Crippen LogP contribution in [0.15, 0.2) is 48.5 Å². The highest BCUT2D eigenvalue weighted by atomic mass is 16.6. The van der Waals surface area contributed by atoms with Crippen LogP contribution in [0.25, 0.3) is 0 Å². The second kappa shape index (κ2) is 6.71. The van der Waals surface area contributed by atoms with Gasteiger partial charge in [0, 0.05) is 18.7 Å². The standard InChI is InChI=1S/C21H23NO3/c1-21(2,3)25-20(24)17-10-8-16(9-11-17)19(23)22-13-12-15-6-4-5-7-18(15)14-22/h4-11H,12-14H2,1-3H3. The van der Waals surface area contributed by atoms with E-state index < -0.39 is 5.60 Å². The summed E-state index contributed by atoms with van der Waals surface area (Å²) in [6.45, 7) is 6.83. The lowest BCUT2D eigenvalue weighted by Crippen LogP contribution is -2.35. The molecule has 0 unspecified atom stereocenters. The minimum Gasteiger partial charge on any atom is -0.456 e. The van der Waals surface area contributed by atoms with Crippen LogP contribution in [0.1, 0.15) is 52.6 Å². The van der Waals surface area contributed by atoms with Crippen LogP contribution in [-0.4, -0.2) is 28.9 Å². The molecule has 130 valence electrons. The summed E-state index contributed by atoms with van der Waals surface area (Å²) in [5.41, 5.74) is 3.02. The third kappa shape index (κ3) is 4.08. The molecule has 4 heteroatoms. The molecule has 0 atom stereocenters. The number of carbonyl (C=O) groups excluding carboxylic acids is 2. The van der Waals surface area contributed by atoms with Gasteiger partial charge in [-0.3, -0.25) is 4.79 Å². The molecule has 0 fully saturated rings. The Kier molecular flexibility index (Phi) is 4.62. The topological polar surface area (TPSA) is 46.6 Å². The van der Waals surface area contributed by atoms with E-state index in [2.05, 4.69) is 12.1 Å². The lowest BCUT2D eigenvalue weighted by atomic mass is 9.99. The van der Waals surface area contributed by atoms with Gasteiger partial charge in [-0.15, -0.1) is 0 Å². The van der Waals surface area contributed by atoms with E-state index in [9.17, 15) is 9.59 Å². The van der Waals surface area contributed by atoms with Crippen molar-refractivity contribution in [2.45, 2.75) is 39.3 Å². The number of esters is 1. The van der Waals surface area contributed by atoms with Gasteiger partial charge in [0.2, 0.25) is 0 Å². The van der Waals surface area contributed by atoms with E-state index in [-0.39, 0.29) is 11.9 Å². The molecule has 4 nitrogen and oxygen atoms in total. The predicted molar refractivity (Wildman–Crippen MR) is 96.5 cm³/mol.